The Bertz CT molecular complexity index is 256. The average molecular weight is 246 g/mol. The molecule has 0 aliphatic rings. The molecule has 6 nitrogen and oxygen atoms in total. The third kappa shape index (κ3) is 6.11. The molecule has 0 aliphatic carbocycles. The number of likely N-dealkylation sites (N-methyl/N-ethyl adjacent to an activating group) is 1. The normalized spacial score (nSPS) is 12.3. The van der Waals surface area contributed by atoms with Crippen molar-refractivity contribution in [2.24, 2.45) is 5.92 Å². The van der Waals surface area contributed by atoms with Crippen LogP contribution in [0, 0.1) is 5.92 Å². The van der Waals surface area contributed by atoms with Crippen molar-refractivity contribution >= 4 is 12.0 Å². The maximum absolute atomic E-state index is 11.7. The molecule has 0 saturated carbocycles. The highest BCUT2D eigenvalue weighted by atomic mass is 16.4. The van der Waals surface area contributed by atoms with E-state index < -0.39 is 18.0 Å². The number of carboxylic acid groups (broad SMARTS) is 1. The highest BCUT2D eigenvalue weighted by Crippen LogP contribution is 2.05. The Labute approximate surface area is 102 Å². The van der Waals surface area contributed by atoms with Gasteiger partial charge in [0.05, 0.1) is 6.61 Å². The Morgan fingerprint density at radius 3 is 2.29 bits per heavy atom. The zero-order valence-electron chi connectivity index (χ0n) is 10.6. The van der Waals surface area contributed by atoms with Crippen LogP contribution < -0.4 is 5.32 Å². The number of rotatable bonds is 7. The van der Waals surface area contributed by atoms with Crippen molar-refractivity contribution in [3.8, 4) is 0 Å². The van der Waals surface area contributed by atoms with Crippen LogP contribution in [-0.4, -0.2) is 52.9 Å². The molecule has 0 spiro atoms. The van der Waals surface area contributed by atoms with E-state index in [9.17, 15) is 9.59 Å². The number of nitrogens with one attached hydrogen (secondary N) is 1. The van der Waals surface area contributed by atoms with E-state index in [0.717, 1.165) is 0 Å². The van der Waals surface area contributed by atoms with Crippen molar-refractivity contribution in [2.45, 2.75) is 33.2 Å². The van der Waals surface area contributed by atoms with Gasteiger partial charge in [-0.05, 0) is 19.3 Å². The molecule has 0 aliphatic heterocycles. The molecule has 6 heteroatoms. The first-order valence-electron chi connectivity index (χ1n) is 5.81. The Morgan fingerprint density at radius 2 is 1.94 bits per heavy atom. The summed E-state index contributed by atoms with van der Waals surface area (Å²) in [5.41, 5.74) is 0. The lowest BCUT2D eigenvalue weighted by Gasteiger charge is -2.23. The van der Waals surface area contributed by atoms with Crippen molar-refractivity contribution < 1.29 is 19.8 Å². The van der Waals surface area contributed by atoms with Crippen molar-refractivity contribution in [1.82, 2.24) is 10.2 Å². The summed E-state index contributed by atoms with van der Waals surface area (Å²) < 4.78 is 0. The number of nitrogens with zero attached hydrogens (tertiary/aromatic N) is 1. The fourth-order valence-electron chi connectivity index (χ4n) is 1.46. The van der Waals surface area contributed by atoms with Crippen LogP contribution in [0.5, 0.6) is 0 Å². The van der Waals surface area contributed by atoms with Gasteiger partial charge in [0.2, 0.25) is 0 Å². The van der Waals surface area contributed by atoms with Crippen LogP contribution in [0.1, 0.15) is 27.2 Å². The number of hydrogen-bond donors (Lipinski definition) is 3. The number of carbonyl (C=O) groups excluding carboxylic acids is 1. The monoisotopic (exact) mass is 246 g/mol. The standard InChI is InChI=1S/C11H22N2O4/c1-4-13(5-6-14)11(17)12-9(10(15)16)7-8(2)3/h8-9,14H,4-7H2,1-3H3,(H,12,17)(H,15,16)/t9-/m1/s1. The fraction of sp³-hybridized carbons (Fsp3) is 0.818. The summed E-state index contributed by atoms with van der Waals surface area (Å²) in [7, 11) is 0. The second-order valence-corrected chi connectivity index (χ2v) is 4.27. The summed E-state index contributed by atoms with van der Waals surface area (Å²) in [6, 6.07) is -1.33. The third-order valence-electron chi connectivity index (χ3n) is 2.34. The van der Waals surface area contributed by atoms with E-state index in [1.165, 1.54) is 4.90 Å². The van der Waals surface area contributed by atoms with Gasteiger partial charge in [-0.15, -0.1) is 0 Å². The largest absolute Gasteiger partial charge is 0.480 e. The van der Waals surface area contributed by atoms with Gasteiger partial charge in [-0.25, -0.2) is 9.59 Å². The number of hydrogen-bond acceptors (Lipinski definition) is 3. The van der Waals surface area contributed by atoms with E-state index in [0.29, 0.717) is 13.0 Å². The SMILES string of the molecule is CCN(CCO)C(=O)N[C@H](CC(C)C)C(=O)O. The molecule has 0 aromatic heterocycles. The van der Waals surface area contributed by atoms with Crippen LogP contribution in [0.3, 0.4) is 0 Å². The molecule has 0 bridgehead atoms. The molecule has 0 aromatic carbocycles. The topological polar surface area (TPSA) is 89.9 Å². The second-order valence-electron chi connectivity index (χ2n) is 4.27. The number of urea groups is 1. The predicted octanol–water partition coefficient (Wildman–Crippen LogP) is 0.509. The highest BCUT2D eigenvalue weighted by molar-refractivity contribution is 5.82. The number of aliphatic hydroxyl groups excluding tert-OH is 1. The lowest BCUT2D eigenvalue weighted by Crippen LogP contribution is -2.49. The van der Waals surface area contributed by atoms with E-state index in [-0.39, 0.29) is 19.1 Å². The first kappa shape index (κ1) is 15.7. The first-order chi connectivity index (χ1) is 7.92. The van der Waals surface area contributed by atoms with E-state index in [2.05, 4.69) is 5.32 Å². The summed E-state index contributed by atoms with van der Waals surface area (Å²) in [5.74, 6) is -0.851. The van der Waals surface area contributed by atoms with E-state index >= 15 is 0 Å². The maximum atomic E-state index is 11.7. The molecule has 17 heavy (non-hydrogen) atoms. The molecule has 100 valence electrons. The summed E-state index contributed by atoms with van der Waals surface area (Å²) in [6.45, 7) is 6.06. The summed E-state index contributed by atoms with van der Waals surface area (Å²) in [4.78, 5) is 24.0. The minimum absolute atomic E-state index is 0.136. The van der Waals surface area contributed by atoms with Gasteiger partial charge in [-0.3, -0.25) is 0 Å². The summed E-state index contributed by atoms with van der Waals surface area (Å²) in [5, 5.41) is 20.2. The Hall–Kier alpha value is -1.30. The number of amides is 2. The van der Waals surface area contributed by atoms with Crippen molar-refractivity contribution in [2.75, 3.05) is 19.7 Å². The van der Waals surface area contributed by atoms with Gasteiger partial charge in [-0.1, -0.05) is 13.8 Å². The minimum atomic E-state index is -1.04. The van der Waals surface area contributed by atoms with Crippen LogP contribution in [0.25, 0.3) is 0 Å². The third-order valence-corrected chi connectivity index (χ3v) is 2.34. The summed E-state index contributed by atoms with van der Waals surface area (Å²) in [6.07, 6.45) is 0.387. The number of aliphatic carboxylic acids is 1. The molecule has 1 atom stereocenters. The molecule has 0 fully saturated rings. The van der Waals surface area contributed by atoms with Crippen LogP contribution >= 0.6 is 0 Å². The zero-order chi connectivity index (χ0) is 13.4. The average Bonchev–Trinajstić information content (AvgIpc) is 2.23. The minimum Gasteiger partial charge on any atom is -0.480 e. The molecule has 3 N–H and O–H groups in total. The maximum Gasteiger partial charge on any atom is 0.326 e. The Balaban J connectivity index is 4.42. The van der Waals surface area contributed by atoms with Gasteiger partial charge in [0.25, 0.3) is 0 Å². The summed E-state index contributed by atoms with van der Waals surface area (Å²) >= 11 is 0. The molecule has 0 radical (unpaired) electrons. The van der Waals surface area contributed by atoms with Crippen molar-refractivity contribution in [3.63, 3.8) is 0 Å². The molecule has 0 aromatic rings. The quantitative estimate of drug-likeness (QED) is 0.610. The van der Waals surface area contributed by atoms with Crippen molar-refractivity contribution in [3.05, 3.63) is 0 Å². The zero-order valence-corrected chi connectivity index (χ0v) is 10.6. The molecular weight excluding hydrogens is 224 g/mol. The molecule has 0 rings (SSSR count). The second kappa shape index (κ2) is 7.89. The molecular formula is C11H22N2O4. The van der Waals surface area contributed by atoms with Gasteiger partial charge in [0, 0.05) is 13.1 Å². The van der Waals surface area contributed by atoms with Gasteiger partial charge in [-0.2, -0.15) is 0 Å². The first-order valence-corrected chi connectivity index (χ1v) is 5.81. The molecule has 0 saturated heterocycles. The Kier molecular flexibility index (Phi) is 7.29. The smallest absolute Gasteiger partial charge is 0.326 e. The Morgan fingerprint density at radius 1 is 1.35 bits per heavy atom. The van der Waals surface area contributed by atoms with E-state index in [4.69, 9.17) is 10.2 Å². The van der Waals surface area contributed by atoms with Gasteiger partial charge >= 0.3 is 12.0 Å². The molecule has 0 heterocycles. The lowest BCUT2D eigenvalue weighted by atomic mass is 10.0. The predicted molar refractivity (Wildman–Crippen MR) is 63.7 cm³/mol. The van der Waals surface area contributed by atoms with Gasteiger partial charge in [0.1, 0.15) is 6.04 Å². The van der Waals surface area contributed by atoms with E-state index in [1.54, 1.807) is 6.92 Å². The van der Waals surface area contributed by atoms with Crippen LogP contribution in [0.15, 0.2) is 0 Å². The molecule has 0 unspecified atom stereocenters. The number of carbonyl (C=O) groups is 2. The fourth-order valence-corrected chi connectivity index (χ4v) is 1.46. The van der Waals surface area contributed by atoms with Crippen LogP contribution in [-0.2, 0) is 4.79 Å². The van der Waals surface area contributed by atoms with Gasteiger partial charge in [0.15, 0.2) is 0 Å². The van der Waals surface area contributed by atoms with Crippen LogP contribution in [0.4, 0.5) is 4.79 Å². The highest BCUT2D eigenvalue weighted by Gasteiger charge is 2.23. The van der Waals surface area contributed by atoms with Crippen LogP contribution in [0.2, 0.25) is 0 Å². The number of aliphatic hydroxyl groups is 1. The van der Waals surface area contributed by atoms with Gasteiger partial charge < -0.3 is 20.4 Å². The number of carboxylic acids is 1. The lowest BCUT2D eigenvalue weighted by molar-refractivity contribution is -0.139. The molecule has 2 amide bonds. The van der Waals surface area contributed by atoms with Crippen molar-refractivity contribution in [1.29, 1.82) is 0 Å². The van der Waals surface area contributed by atoms with E-state index in [1.807, 2.05) is 13.8 Å².